The van der Waals surface area contributed by atoms with Crippen molar-refractivity contribution in [3.63, 3.8) is 0 Å². The molecule has 184 valence electrons. The van der Waals surface area contributed by atoms with Gasteiger partial charge in [-0.25, -0.2) is 0 Å². The van der Waals surface area contributed by atoms with Crippen LogP contribution in [0.5, 0.6) is 0 Å². The highest BCUT2D eigenvalue weighted by Crippen LogP contribution is 2.69. The maximum Gasteiger partial charge on any atom is 0.261 e. The van der Waals surface area contributed by atoms with Crippen LogP contribution in [0.1, 0.15) is 66.7 Å². The van der Waals surface area contributed by atoms with Crippen LogP contribution < -0.4 is 10.4 Å². The number of hydrogen-bond acceptors (Lipinski definition) is 3. The van der Waals surface area contributed by atoms with E-state index in [4.69, 9.17) is 9.16 Å². The van der Waals surface area contributed by atoms with Crippen LogP contribution in [0.4, 0.5) is 0 Å². The molecule has 3 aliphatic rings. The first kappa shape index (κ1) is 24.2. The fourth-order valence-electron chi connectivity index (χ4n) is 7.80. The van der Waals surface area contributed by atoms with Crippen molar-refractivity contribution in [3.05, 3.63) is 60.7 Å². The number of ether oxygens (including phenoxy) is 1. The standard InChI is InChI=1S/C30H42O3Si/c1-22(25-16-20-30-27(33-30)26(31)17-19-29(25,30)5)18-21-32-34(28(2,3)4,23-12-8-6-9-13-23)24-14-10-7-11-15-24/h6-15,22,25-27,31H,16-21H2,1-5H3/t22-,25-,26+,27+,29-,30+/m1/s1. The van der Waals surface area contributed by atoms with Gasteiger partial charge in [-0.05, 0) is 59.4 Å². The summed E-state index contributed by atoms with van der Waals surface area (Å²) in [6, 6.07) is 21.9. The van der Waals surface area contributed by atoms with E-state index in [1.54, 1.807) is 0 Å². The molecule has 34 heavy (non-hydrogen) atoms. The van der Waals surface area contributed by atoms with Crippen LogP contribution in [0.2, 0.25) is 5.04 Å². The van der Waals surface area contributed by atoms with Gasteiger partial charge >= 0.3 is 0 Å². The summed E-state index contributed by atoms with van der Waals surface area (Å²) < 4.78 is 13.4. The summed E-state index contributed by atoms with van der Waals surface area (Å²) >= 11 is 0. The Kier molecular flexibility index (Phi) is 6.12. The van der Waals surface area contributed by atoms with Crippen molar-refractivity contribution in [1.82, 2.24) is 0 Å². The van der Waals surface area contributed by atoms with E-state index in [0.717, 1.165) is 32.3 Å². The van der Waals surface area contributed by atoms with Gasteiger partial charge in [-0.1, -0.05) is 95.3 Å². The van der Waals surface area contributed by atoms with Crippen LogP contribution in [-0.4, -0.2) is 37.8 Å². The minimum atomic E-state index is -2.48. The topological polar surface area (TPSA) is 42.0 Å². The highest BCUT2D eigenvalue weighted by atomic mass is 28.4. The van der Waals surface area contributed by atoms with Crippen molar-refractivity contribution < 1.29 is 14.3 Å². The molecule has 1 aliphatic heterocycles. The van der Waals surface area contributed by atoms with Crippen LogP contribution in [-0.2, 0) is 9.16 Å². The van der Waals surface area contributed by atoms with Crippen molar-refractivity contribution in [2.24, 2.45) is 17.3 Å². The summed E-state index contributed by atoms with van der Waals surface area (Å²) in [5.41, 5.74) is 0.135. The summed E-state index contributed by atoms with van der Waals surface area (Å²) in [7, 11) is -2.48. The second-order valence-electron chi connectivity index (χ2n) is 12.4. The van der Waals surface area contributed by atoms with Gasteiger partial charge in [0, 0.05) is 12.0 Å². The van der Waals surface area contributed by atoms with Crippen LogP contribution in [0.25, 0.3) is 0 Å². The van der Waals surface area contributed by atoms with Crippen LogP contribution >= 0.6 is 0 Å². The number of benzene rings is 2. The van der Waals surface area contributed by atoms with Gasteiger partial charge in [-0.15, -0.1) is 0 Å². The lowest BCUT2D eigenvalue weighted by Crippen LogP contribution is -2.66. The van der Waals surface area contributed by atoms with Crippen LogP contribution in [0.3, 0.4) is 0 Å². The number of aliphatic hydroxyl groups is 1. The number of rotatable bonds is 7. The Hall–Kier alpha value is -1.46. The van der Waals surface area contributed by atoms with E-state index in [-0.39, 0.29) is 28.3 Å². The predicted molar refractivity (Wildman–Crippen MR) is 141 cm³/mol. The molecule has 6 atom stereocenters. The Morgan fingerprint density at radius 1 is 1.00 bits per heavy atom. The van der Waals surface area contributed by atoms with Gasteiger partial charge in [0.25, 0.3) is 8.32 Å². The lowest BCUT2D eigenvalue weighted by atomic mass is 9.61. The van der Waals surface area contributed by atoms with E-state index >= 15 is 0 Å². The minimum absolute atomic E-state index is 0.0108. The quantitative estimate of drug-likeness (QED) is 0.434. The van der Waals surface area contributed by atoms with E-state index < -0.39 is 8.32 Å². The first-order valence-corrected chi connectivity index (χ1v) is 15.2. The molecule has 1 N–H and O–H groups in total. The molecular formula is C30H42O3Si. The van der Waals surface area contributed by atoms with Crippen molar-refractivity contribution in [1.29, 1.82) is 0 Å². The maximum absolute atomic E-state index is 10.4. The van der Waals surface area contributed by atoms with E-state index in [9.17, 15) is 5.11 Å². The lowest BCUT2D eigenvalue weighted by Gasteiger charge is -2.44. The van der Waals surface area contributed by atoms with Crippen LogP contribution in [0, 0.1) is 17.3 Å². The smallest absolute Gasteiger partial charge is 0.261 e. The highest BCUT2D eigenvalue weighted by Gasteiger charge is 2.75. The number of aliphatic hydroxyl groups excluding tert-OH is 1. The summed E-state index contributed by atoms with van der Waals surface area (Å²) in [4.78, 5) is 0. The summed E-state index contributed by atoms with van der Waals surface area (Å²) in [5.74, 6) is 1.20. The molecule has 1 spiro atoms. The molecule has 0 aromatic heterocycles. The van der Waals surface area contributed by atoms with Crippen molar-refractivity contribution in [2.45, 2.75) is 89.6 Å². The van der Waals surface area contributed by atoms with Gasteiger partial charge in [-0.2, -0.15) is 0 Å². The fourth-order valence-corrected chi connectivity index (χ4v) is 12.4. The molecule has 0 radical (unpaired) electrons. The Bertz CT molecular complexity index is 948. The molecule has 3 fully saturated rings. The lowest BCUT2D eigenvalue weighted by molar-refractivity contribution is 0.0335. The van der Waals surface area contributed by atoms with E-state index in [0.29, 0.717) is 11.8 Å². The molecule has 0 amide bonds. The molecule has 4 heteroatoms. The van der Waals surface area contributed by atoms with Crippen LogP contribution in [0.15, 0.2) is 60.7 Å². The Morgan fingerprint density at radius 3 is 2.15 bits per heavy atom. The molecule has 3 nitrogen and oxygen atoms in total. The van der Waals surface area contributed by atoms with E-state index in [1.165, 1.54) is 16.8 Å². The molecule has 2 aliphatic carbocycles. The molecular weight excluding hydrogens is 436 g/mol. The Morgan fingerprint density at radius 2 is 1.59 bits per heavy atom. The van der Waals surface area contributed by atoms with Crippen molar-refractivity contribution in [2.75, 3.05) is 6.61 Å². The second-order valence-corrected chi connectivity index (χ2v) is 16.7. The van der Waals surface area contributed by atoms with Gasteiger partial charge in [0.2, 0.25) is 0 Å². The third-order valence-corrected chi connectivity index (χ3v) is 14.7. The largest absolute Gasteiger partial charge is 0.407 e. The zero-order chi connectivity index (χ0) is 24.2. The third kappa shape index (κ3) is 3.56. The fraction of sp³-hybridized carbons (Fsp3) is 0.600. The molecule has 2 saturated carbocycles. The Labute approximate surface area is 207 Å². The average Bonchev–Trinajstić information content (AvgIpc) is 3.50. The molecule has 1 heterocycles. The SMILES string of the molecule is C[C@H](CCO[Si](c1ccccc1)(c1ccccc1)C(C)(C)C)[C@H]1CC[C@]23O[C@H]2[C@@H](O)CC[C@]13C. The minimum Gasteiger partial charge on any atom is -0.407 e. The van der Waals surface area contributed by atoms with Gasteiger partial charge in [-0.3, -0.25) is 0 Å². The predicted octanol–water partition coefficient (Wildman–Crippen LogP) is 5.30. The van der Waals surface area contributed by atoms with E-state index in [2.05, 4.69) is 95.3 Å². The Balaban J connectivity index is 1.37. The summed E-state index contributed by atoms with van der Waals surface area (Å²) in [6.45, 7) is 12.7. The van der Waals surface area contributed by atoms with Gasteiger partial charge in [0.15, 0.2) is 0 Å². The van der Waals surface area contributed by atoms with Gasteiger partial charge in [0.1, 0.15) is 11.7 Å². The number of epoxide rings is 1. The molecule has 5 rings (SSSR count). The van der Waals surface area contributed by atoms with Gasteiger partial charge < -0.3 is 14.3 Å². The van der Waals surface area contributed by atoms with E-state index in [1.807, 2.05) is 0 Å². The second kappa shape index (κ2) is 8.58. The molecule has 0 unspecified atom stereocenters. The zero-order valence-corrected chi connectivity index (χ0v) is 22.6. The molecule has 2 aromatic rings. The maximum atomic E-state index is 10.4. The first-order chi connectivity index (χ1) is 16.2. The summed E-state index contributed by atoms with van der Waals surface area (Å²) in [5, 5.41) is 13.1. The van der Waals surface area contributed by atoms with Crippen molar-refractivity contribution in [3.8, 4) is 0 Å². The first-order valence-electron chi connectivity index (χ1n) is 13.3. The normalized spacial score (nSPS) is 33.8. The van der Waals surface area contributed by atoms with Gasteiger partial charge in [0.05, 0.1) is 6.10 Å². The average molecular weight is 479 g/mol. The molecule has 2 aromatic carbocycles. The monoisotopic (exact) mass is 478 g/mol. The third-order valence-electron chi connectivity index (χ3n) is 9.66. The number of hydrogen-bond donors (Lipinski definition) is 1. The molecule has 1 saturated heterocycles. The summed E-state index contributed by atoms with van der Waals surface area (Å²) in [6.07, 6.45) is 5.15. The molecule has 0 bridgehead atoms. The zero-order valence-electron chi connectivity index (χ0n) is 21.6. The van der Waals surface area contributed by atoms with Crippen molar-refractivity contribution >= 4 is 18.7 Å². The highest BCUT2D eigenvalue weighted by molar-refractivity contribution is 6.99.